The number of Topliss-reactive ketones (excluding diaryl/α,β-unsaturated/α-hetero) is 1. The smallest absolute Gasteiger partial charge is 0.295 e. The molecule has 1 atom stereocenters. The molecule has 9 nitrogen and oxygen atoms in total. The highest BCUT2D eigenvalue weighted by atomic mass is 16.6. The number of furan rings is 1. The predicted octanol–water partition coefficient (Wildman–Crippen LogP) is 1.80. The van der Waals surface area contributed by atoms with Gasteiger partial charge in [0.15, 0.2) is 11.5 Å². The zero-order chi connectivity index (χ0) is 22.1. The number of ether oxygens (including phenoxy) is 3. The third kappa shape index (κ3) is 3.74. The molecule has 1 aromatic heterocycles. The van der Waals surface area contributed by atoms with Gasteiger partial charge in [0.05, 0.1) is 25.1 Å². The van der Waals surface area contributed by atoms with Gasteiger partial charge < -0.3 is 28.6 Å². The van der Waals surface area contributed by atoms with E-state index in [0.717, 1.165) is 13.1 Å². The van der Waals surface area contributed by atoms with E-state index in [1.165, 1.54) is 11.2 Å². The molecular weight excluding hydrogens is 416 g/mol. The van der Waals surface area contributed by atoms with Crippen LogP contribution in [0.4, 0.5) is 0 Å². The van der Waals surface area contributed by atoms with Crippen LogP contribution in [0.5, 0.6) is 11.5 Å². The summed E-state index contributed by atoms with van der Waals surface area (Å²) in [6.45, 7) is 4.60. The molecule has 1 unspecified atom stereocenters. The predicted molar refractivity (Wildman–Crippen MR) is 112 cm³/mol. The van der Waals surface area contributed by atoms with Crippen LogP contribution >= 0.6 is 0 Å². The number of fused-ring (bicyclic) bond motifs is 1. The lowest BCUT2D eigenvalue weighted by Crippen LogP contribution is -2.42. The van der Waals surface area contributed by atoms with Crippen LogP contribution < -0.4 is 9.47 Å². The Labute approximate surface area is 184 Å². The molecule has 2 saturated heterocycles. The number of aliphatic hydroxyl groups is 1. The second-order valence-corrected chi connectivity index (χ2v) is 7.82. The molecule has 0 aliphatic carbocycles. The first-order valence-electron chi connectivity index (χ1n) is 10.7. The van der Waals surface area contributed by atoms with Gasteiger partial charge in [0.2, 0.25) is 0 Å². The summed E-state index contributed by atoms with van der Waals surface area (Å²) in [5.41, 5.74) is 0.376. The van der Waals surface area contributed by atoms with Gasteiger partial charge in [0.1, 0.15) is 30.8 Å². The summed E-state index contributed by atoms with van der Waals surface area (Å²) in [4.78, 5) is 29.7. The minimum Gasteiger partial charge on any atom is -0.507 e. The van der Waals surface area contributed by atoms with Crippen LogP contribution in [0.2, 0.25) is 0 Å². The van der Waals surface area contributed by atoms with Crippen LogP contribution in [0, 0.1) is 0 Å². The van der Waals surface area contributed by atoms with Gasteiger partial charge >= 0.3 is 0 Å². The van der Waals surface area contributed by atoms with Crippen LogP contribution in [0.1, 0.15) is 17.4 Å². The molecular formula is C23H24N2O7. The van der Waals surface area contributed by atoms with Crippen molar-refractivity contribution in [3.05, 3.63) is 53.5 Å². The zero-order valence-electron chi connectivity index (χ0n) is 17.5. The minimum absolute atomic E-state index is 0.00334. The monoisotopic (exact) mass is 440 g/mol. The Morgan fingerprint density at radius 2 is 1.78 bits per heavy atom. The molecule has 0 bridgehead atoms. The summed E-state index contributed by atoms with van der Waals surface area (Å²) in [5.74, 6) is -0.182. The summed E-state index contributed by atoms with van der Waals surface area (Å²) in [5, 5.41) is 11.1. The number of carbonyl (C=O) groups is 2. The zero-order valence-corrected chi connectivity index (χ0v) is 17.5. The minimum atomic E-state index is -0.806. The van der Waals surface area contributed by atoms with Gasteiger partial charge in [-0.1, -0.05) is 0 Å². The van der Waals surface area contributed by atoms with Crippen LogP contribution in [0.3, 0.4) is 0 Å². The van der Waals surface area contributed by atoms with Crippen LogP contribution in [0.25, 0.3) is 5.76 Å². The van der Waals surface area contributed by atoms with Crippen molar-refractivity contribution in [2.24, 2.45) is 0 Å². The van der Waals surface area contributed by atoms with E-state index in [9.17, 15) is 14.7 Å². The lowest BCUT2D eigenvalue weighted by molar-refractivity contribution is -0.140. The van der Waals surface area contributed by atoms with Crippen molar-refractivity contribution in [2.75, 3.05) is 52.6 Å². The number of aliphatic hydroxyl groups excluding tert-OH is 1. The quantitative estimate of drug-likeness (QED) is 0.427. The molecule has 3 aliphatic heterocycles. The highest BCUT2D eigenvalue weighted by molar-refractivity contribution is 6.46. The van der Waals surface area contributed by atoms with Crippen molar-refractivity contribution in [1.82, 2.24) is 9.80 Å². The van der Waals surface area contributed by atoms with Crippen molar-refractivity contribution in [2.45, 2.75) is 6.04 Å². The summed E-state index contributed by atoms with van der Waals surface area (Å²) in [6, 6.07) is 7.53. The maximum absolute atomic E-state index is 13.0. The molecule has 1 N–H and O–H groups in total. The second kappa shape index (κ2) is 8.68. The van der Waals surface area contributed by atoms with E-state index in [1.807, 2.05) is 0 Å². The number of ketones is 1. The molecule has 0 spiro atoms. The van der Waals surface area contributed by atoms with Gasteiger partial charge in [-0.2, -0.15) is 0 Å². The molecule has 2 aromatic rings. The molecule has 1 amide bonds. The first-order chi connectivity index (χ1) is 15.6. The van der Waals surface area contributed by atoms with Crippen molar-refractivity contribution < 1.29 is 33.3 Å². The molecule has 168 valence electrons. The number of amides is 1. The molecule has 9 heteroatoms. The molecule has 2 fully saturated rings. The van der Waals surface area contributed by atoms with Crippen molar-refractivity contribution >= 4 is 17.4 Å². The first kappa shape index (κ1) is 20.6. The molecule has 3 aliphatic rings. The number of carbonyl (C=O) groups excluding carboxylic acids is 2. The Bertz CT molecular complexity index is 1040. The number of rotatable bonds is 5. The highest BCUT2D eigenvalue weighted by Crippen LogP contribution is 2.41. The van der Waals surface area contributed by atoms with Crippen molar-refractivity contribution in [3.8, 4) is 11.5 Å². The van der Waals surface area contributed by atoms with Crippen molar-refractivity contribution in [1.29, 1.82) is 0 Å². The van der Waals surface area contributed by atoms with E-state index < -0.39 is 17.7 Å². The third-order valence-electron chi connectivity index (χ3n) is 5.93. The van der Waals surface area contributed by atoms with Crippen LogP contribution in [0.15, 0.2) is 46.6 Å². The van der Waals surface area contributed by atoms with Gasteiger partial charge in [0, 0.05) is 31.7 Å². The lowest BCUT2D eigenvalue weighted by Gasteiger charge is -2.30. The second-order valence-electron chi connectivity index (χ2n) is 7.82. The Balaban J connectivity index is 1.50. The van der Waals surface area contributed by atoms with Gasteiger partial charge in [-0.25, -0.2) is 0 Å². The number of likely N-dealkylation sites (tertiary alicyclic amines) is 1. The normalized spacial score (nSPS) is 23.0. The Hall–Kier alpha value is -3.30. The third-order valence-corrected chi connectivity index (χ3v) is 5.93. The number of hydrogen-bond acceptors (Lipinski definition) is 8. The van der Waals surface area contributed by atoms with E-state index in [4.69, 9.17) is 18.6 Å². The largest absolute Gasteiger partial charge is 0.507 e. The summed E-state index contributed by atoms with van der Waals surface area (Å²) in [6.07, 6.45) is 1.49. The Kier molecular flexibility index (Phi) is 5.59. The van der Waals surface area contributed by atoms with Gasteiger partial charge in [-0.15, -0.1) is 0 Å². The average molecular weight is 440 g/mol. The summed E-state index contributed by atoms with van der Waals surface area (Å²) < 4.78 is 22.1. The van der Waals surface area contributed by atoms with Crippen molar-refractivity contribution in [3.63, 3.8) is 0 Å². The maximum atomic E-state index is 13.0. The number of nitrogens with zero attached hydrogens (tertiary/aromatic N) is 2. The summed E-state index contributed by atoms with van der Waals surface area (Å²) >= 11 is 0. The Morgan fingerprint density at radius 3 is 2.53 bits per heavy atom. The number of morpholine rings is 1. The molecule has 4 heterocycles. The Morgan fingerprint density at radius 1 is 1.00 bits per heavy atom. The standard InChI is InChI=1S/C23H24N2O7/c26-21(15-3-4-16-18(14-15)32-13-12-31-16)19-20(17-2-1-9-30-17)25(23(28)22(19)27)6-5-24-7-10-29-11-8-24/h1-4,9,14,20,26H,5-8,10-13H2. The highest BCUT2D eigenvalue weighted by Gasteiger charge is 2.47. The maximum Gasteiger partial charge on any atom is 0.295 e. The average Bonchev–Trinajstić information content (AvgIpc) is 3.45. The van der Waals surface area contributed by atoms with Crippen LogP contribution in [-0.2, 0) is 14.3 Å². The molecule has 0 radical (unpaired) electrons. The summed E-state index contributed by atoms with van der Waals surface area (Å²) in [7, 11) is 0. The van der Waals surface area contributed by atoms with E-state index in [2.05, 4.69) is 4.90 Å². The molecule has 1 aromatic carbocycles. The SMILES string of the molecule is O=C1C(=O)N(CCN2CCOCC2)C(c2ccco2)C1=C(O)c1ccc2c(c1)OCCO2. The lowest BCUT2D eigenvalue weighted by atomic mass is 9.99. The fourth-order valence-corrected chi connectivity index (χ4v) is 4.27. The molecule has 0 saturated carbocycles. The van der Waals surface area contributed by atoms with Gasteiger partial charge in [0.25, 0.3) is 11.7 Å². The van der Waals surface area contributed by atoms with Gasteiger partial charge in [-0.05, 0) is 30.3 Å². The fourth-order valence-electron chi connectivity index (χ4n) is 4.27. The topological polar surface area (TPSA) is 102 Å². The van der Waals surface area contributed by atoms with E-state index in [-0.39, 0.29) is 11.3 Å². The van der Waals surface area contributed by atoms with E-state index in [1.54, 1.807) is 30.3 Å². The molecule has 5 rings (SSSR count). The first-order valence-corrected chi connectivity index (χ1v) is 10.7. The fraction of sp³-hybridized carbons (Fsp3) is 0.391. The molecule has 32 heavy (non-hydrogen) atoms. The van der Waals surface area contributed by atoms with Gasteiger partial charge in [-0.3, -0.25) is 14.5 Å². The number of benzene rings is 1. The van der Waals surface area contributed by atoms with E-state index >= 15 is 0 Å². The van der Waals surface area contributed by atoms with Crippen LogP contribution in [-0.4, -0.2) is 79.2 Å². The van der Waals surface area contributed by atoms with E-state index in [0.29, 0.717) is 62.3 Å². The number of hydrogen-bond donors (Lipinski definition) is 1.